The maximum Gasteiger partial charge on any atom is 0.306 e. The van der Waals surface area contributed by atoms with Crippen molar-refractivity contribution in [3.05, 3.63) is 48.6 Å². The van der Waals surface area contributed by atoms with Crippen molar-refractivity contribution in [2.75, 3.05) is 13.2 Å². The van der Waals surface area contributed by atoms with E-state index in [2.05, 4.69) is 69.4 Å². The van der Waals surface area contributed by atoms with E-state index in [-0.39, 0.29) is 31.1 Å². The molecule has 56 heavy (non-hydrogen) atoms. The third-order valence-electron chi connectivity index (χ3n) is 10.1. The van der Waals surface area contributed by atoms with Gasteiger partial charge in [-0.2, -0.15) is 0 Å². The second-order valence-corrected chi connectivity index (χ2v) is 15.7. The molecule has 0 amide bonds. The Hall–Kier alpha value is -2.63. The summed E-state index contributed by atoms with van der Waals surface area (Å²) in [4.78, 5) is 37.6. The lowest BCUT2D eigenvalue weighted by molar-refractivity contribution is -0.167. The van der Waals surface area contributed by atoms with Crippen molar-refractivity contribution in [1.29, 1.82) is 0 Å². The van der Waals surface area contributed by atoms with Gasteiger partial charge in [-0.1, -0.05) is 185 Å². The van der Waals surface area contributed by atoms with Crippen LogP contribution < -0.4 is 0 Å². The van der Waals surface area contributed by atoms with E-state index in [4.69, 9.17) is 14.2 Å². The number of carbonyl (C=O) groups excluding carboxylic acids is 3. The summed E-state index contributed by atoms with van der Waals surface area (Å²) < 4.78 is 16.6. The van der Waals surface area contributed by atoms with E-state index in [0.29, 0.717) is 19.3 Å². The van der Waals surface area contributed by atoms with Crippen LogP contribution in [0, 0.1) is 0 Å². The van der Waals surface area contributed by atoms with Gasteiger partial charge in [0.05, 0.1) is 0 Å². The van der Waals surface area contributed by atoms with Crippen LogP contribution in [0.15, 0.2) is 48.6 Å². The van der Waals surface area contributed by atoms with Crippen LogP contribution in [0.3, 0.4) is 0 Å². The van der Waals surface area contributed by atoms with E-state index in [1.807, 2.05) is 0 Å². The van der Waals surface area contributed by atoms with E-state index in [1.165, 1.54) is 96.3 Å². The van der Waals surface area contributed by atoms with Gasteiger partial charge in [-0.15, -0.1) is 0 Å². The average molecular weight is 785 g/mol. The number of unbranched alkanes of at least 4 members (excludes halogenated alkanes) is 23. The molecule has 0 N–H and O–H groups in total. The molecule has 0 bridgehead atoms. The number of hydrogen-bond acceptors (Lipinski definition) is 6. The molecule has 0 rings (SSSR count). The molecule has 6 nitrogen and oxygen atoms in total. The number of ether oxygens (including phenoxy) is 3. The van der Waals surface area contributed by atoms with E-state index in [1.54, 1.807) is 0 Å². The second kappa shape index (κ2) is 45.1. The van der Waals surface area contributed by atoms with Gasteiger partial charge in [-0.25, -0.2) is 0 Å². The molecule has 0 fully saturated rings. The van der Waals surface area contributed by atoms with Gasteiger partial charge < -0.3 is 14.2 Å². The Kier molecular flexibility index (Phi) is 43.0. The molecule has 0 saturated heterocycles. The molecule has 0 saturated carbocycles. The summed E-state index contributed by atoms with van der Waals surface area (Å²) in [6, 6.07) is 0. The third-order valence-corrected chi connectivity index (χ3v) is 10.1. The van der Waals surface area contributed by atoms with Crippen molar-refractivity contribution in [3.63, 3.8) is 0 Å². The normalized spacial score (nSPS) is 12.4. The van der Waals surface area contributed by atoms with Crippen LogP contribution in [-0.2, 0) is 28.6 Å². The Bertz CT molecular complexity index is 996. The van der Waals surface area contributed by atoms with Crippen molar-refractivity contribution in [2.45, 2.75) is 239 Å². The summed E-state index contributed by atoms with van der Waals surface area (Å²) >= 11 is 0. The maximum atomic E-state index is 12.7. The smallest absolute Gasteiger partial charge is 0.306 e. The first-order valence-electron chi connectivity index (χ1n) is 23.6. The topological polar surface area (TPSA) is 78.9 Å². The molecule has 0 aliphatic heterocycles. The fourth-order valence-corrected chi connectivity index (χ4v) is 6.43. The highest BCUT2D eigenvalue weighted by Crippen LogP contribution is 2.13. The lowest BCUT2D eigenvalue weighted by Gasteiger charge is -2.18. The summed E-state index contributed by atoms with van der Waals surface area (Å²) in [6.45, 7) is 6.50. The Morgan fingerprint density at radius 2 is 0.661 bits per heavy atom. The second-order valence-electron chi connectivity index (χ2n) is 15.7. The van der Waals surface area contributed by atoms with Crippen molar-refractivity contribution >= 4 is 17.9 Å². The standard InChI is InChI=1S/C50H88O6/c1-4-7-10-13-16-18-20-22-24-25-26-27-29-30-32-34-37-40-43-49(52)55-46-47(45-54-48(51)42-39-36-15-12-9-6-3)56-50(53)44-41-38-35-33-31-28-23-21-19-17-14-11-8-5-2/h14,17-18,20-21,23-25,47H,4-13,15-16,19,22,26-46H2,1-3H3/b17-14-,20-18-,23-21-,25-24-. The molecule has 0 aromatic carbocycles. The molecular weight excluding hydrogens is 697 g/mol. The molecule has 324 valence electrons. The molecule has 0 aliphatic carbocycles. The highest BCUT2D eigenvalue weighted by molar-refractivity contribution is 5.71. The van der Waals surface area contributed by atoms with Crippen LogP contribution in [0.5, 0.6) is 0 Å². The summed E-state index contributed by atoms with van der Waals surface area (Å²) in [5, 5.41) is 0. The lowest BCUT2D eigenvalue weighted by atomic mass is 10.1. The summed E-state index contributed by atoms with van der Waals surface area (Å²) in [7, 11) is 0. The van der Waals surface area contributed by atoms with E-state index in [0.717, 1.165) is 96.3 Å². The quantitative estimate of drug-likeness (QED) is 0.0265. The fraction of sp³-hybridized carbons (Fsp3) is 0.780. The van der Waals surface area contributed by atoms with Gasteiger partial charge in [0.15, 0.2) is 6.10 Å². The monoisotopic (exact) mass is 785 g/mol. The fourth-order valence-electron chi connectivity index (χ4n) is 6.43. The van der Waals surface area contributed by atoms with Crippen LogP contribution in [0.2, 0.25) is 0 Å². The van der Waals surface area contributed by atoms with Crippen molar-refractivity contribution < 1.29 is 28.6 Å². The largest absolute Gasteiger partial charge is 0.462 e. The summed E-state index contributed by atoms with van der Waals surface area (Å²) in [5.41, 5.74) is 0. The first-order valence-corrected chi connectivity index (χ1v) is 23.6. The molecule has 0 aliphatic rings. The average Bonchev–Trinajstić information content (AvgIpc) is 3.19. The number of rotatable bonds is 42. The predicted octanol–water partition coefficient (Wildman–Crippen LogP) is 15.1. The number of carbonyl (C=O) groups is 3. The Morgan fingerprint density at radius 3 is 1.05 bits per heavy atom. The summed E-state index contributed by atoms with van der Waals surface area (Å²) in [6.07, 6.45) is 52.5. The van der Waals surface area contributed by atoms with Gasteiger partial charge in [0.25, 0.3) is 0 Å². The molecule has 0 radical (unpaired) electrons. The minimum absolute atomic E-state index is 0.0816. The van der Waals surface area contributed by atoms with E-state index < -0.39 is 6.10 Å². The van der Waals surface area contributed by atoms with Gasteiger partial charge in [0, 0.05) is 19.3 Å². The SMILES string of the molecule is CCCC/C=C\C/C=C\CCCCCCCC(=O)OC(COC(=O)CCCCCCCC)COC(=O)CCCCCCCCC/C=C\C/C=C\CCCCCC. The van der Waals surface area contributed by atoms with Crippen molar-refractivity contribution in [1.82, 2.24) is 0 Å². The third kappa shape index (κ3) is 42.5. The van der Waals surface area contributed by atoms with Crippen LogP contribution in [0.4, 0.5) is 0 Å². The maximum absolute atomic E-state index is 12.7. The molecule has 6 heteroatoms. The minimum atomic E-state index is -0.778. The van der Waals surface area contributed by atoms with Crippen LogP contribution in [0.1, 0.15) is 233 Å². The van der Waals surface area contributed by atoms with Crippen molar-refractivity contribution in [2.24, 2.45) is 0 Å². The molecular formula is C50H88O6. The molecule has 0 aromatic rings. The molecule has 0 heterocycles. The van der Waals surface area contributed by atoms with Crippen LogP contribution in [-0.4, -0.2) is 37.2 Å². The Labute approximate surface area is 346 Å². The van der Waals surface area contributed by atoms with Gasteiger partial charge in [0.1, 0.15) is 13.2 Å². The van der Waals surface area contributed by atoms with Crippen molar-refractivity contribution in [3.8, 4) is 0 Å². The zero-order chi connectivity index (χ0) is 40.8. The number of allylic oxidation sites excluding steroid dienone is 8. The van der Waals surface area contributed by atoms with E-state index in [9.17, 15) is 14.4 Å². The van der Waals surface area contributed by atoms with Gasteiger partial charge in [-0.05, 0) is 77.0 Å². The highest BCUT2D eigenvalue weighted by Gasteiger charge is 2.19. The number of hydrogen-bond donors (Lipinski definition) is 0. The number of esters is 3. The zero-order valence-electron chi connectivity index (χ0n) is 36.9. The highest BCUT2D eigenvalue weighted by atomic mass is 16.6. The molecule has 1 atom stereocenters. The molecule has 0 spiro atoms. The molecule has 1 unspecified atom stereocenters. The first kappa shape index (κ1) is 53.4. The Morgan fingerprint density at radius 1 is 0.357 bits per heavy atom. The van der Waals surface area contributed by atoms with Gasteiger partial charge in [0.2, 0.25) is 0 Å². The zero-order valence-corrected chi connectivity index (χ0v) is 36.9. The molecule has 0 aromatic heterocycles. The van der Waals surface area contributed by atoms with Crippen LogP contribution >= 0.6 is 0 Å². The predicted molar refractivity (Wildman–Crippen MR) is 238 cm³/mol. The minimum Gasteiger partial charge on any atom is -0.462 e. The van der Waals surface area contributed by atoms with Crippen LogP contribution in [0.25, 0.3) is 0 Å². The lowest BCUT2D eigenvalue weighted by Crippen LogP contribution is -2.30. The van der Waals surface area contributed by atoms with Gasteiger partial charge >= 0.3 is 17.9 Å². The van der Waals surface area contributed by atoms with Gasteiger partial charge in [-0.3, -0.25) is 14.4 Å². The van der Waals surface area contributed by atoms with E-state index >= 15 is 0 Å². The Balaban J connectivity index is 4.27. The first-order chi connectivity index (χ1) is 27.5. The summed E-state index contributed by atoms with van der Waals surface area (Å²) in [5.74, 6) is -0.913.